The lowest BCUT2D eigenvalue weighted by molar-refractivity contribution is 0.888. The molecule has 0 spiro atoms. The fourth-order valence-electron chi connectivity index (χ4n) is 1.35. The van der Waals surface area contributed by atoms with Crippen molar-refractivity contribution in [2.24, 2.45) is 0 Å². The minimum absolute atomic E-state index is 1.16. The summed E-state index contributed by atoms with van der Waals surface area (Å²) >= 11 is 0. The van der Waals surface area contributed by atoms with Crippen molar-refractivity contribution in [2.75, 3.05) is 0 Å². The molecule has 0 bridgehead atoms. The number of aryl methyl sites for hydroxylation is 2. The maximum Gasteiger partial charge on any atom is 0.0407 e. The van der Waals surface area contributed by atoms with Crippen LogP contribution in [0.5, 0.6) is 0 Å². The van der Waals surface area contributed by atoms with Crippen molar-refractivity contribution in [3.8, 4) is 0 Å². The number of rotatable bonds is 2. The normalized spacial score (nSPS) is 10.1. The Morgan fingerprint density at radius 2 is 2.09 bits per heavy atom. The van der Waals surface area contributed by atoms with Gasteiger partial charge in [0.05, 0.1) is 0 Å². The average molecular weight is 149 g/mol. The lowest BCUT2D eigenvalue weighted by Crippen LogP contribution is -1.94. The van der Waals surface area contributed by atoms with Gasteiger partial charge in [-0.15, -0.1) is 0 Å². The summed E-state index contributed by atoms with van der Waals surface area (Å²) in [6.07, 6.45) is 4.24. The number of nitrogens with zero attached hydrogens (tertiary/aromatic N) is 1. The molecule has 0 saturated heterocycles. The van der Waals surface area contributed by atoms with E-state index in [1.807, 2.05) is 6.20 Å². The first-order chi connectivity index (χ1) is 5.25. The van der Waals surface area contributed by atoms with E-state index < -0.39 is 0 Å². The van der Waals surface area contributed by atoms with Gasteiger partial charge in [-0.2, -0.15) is 0 Å². The first kappa shape index (κ1) is 8.25. The molecule has 1 heteroatoms. The highest BCUT2D eigenvalue weighted by molar-refractivity contribution is 5.27. The molecule has 1 aromatic heterocycles. The van der Waals surface area contributed by atoms with E-state index in [0.29, 0.717) is 0 Å². The number of aromatic nitrogens is 1. The summed E-state index contributed by atoms with van der Waals surface area (Å²) in [4.78, 5) is 4.26. The fourth-order valence-corrected chi connectivity index (χ4v) is 1.35. The van der Waals surface area contributed by atoms with Gasteiger partial charge in [-0.1, -0.05) is 13.3 Å². The molecule has 0 amide bonds. The molecule has 0 saturated carbocycles. The Hall–Kier alpha value is -0.850. The Balaban J connectivity index is 3.00. The monoisotopic (exact) mass is 149 g/mol. The largest absolute Gasteiger partial charge is 0.261 e. The van der Waals surface area contributed by atoms with Gasteiger partial charge in [0.2, 0.25) is 0 Å². The molecule has 11 heavy (non-hydrogen) atoms. The lowest BCUT2D eigenvalue weighted by Gasteiger charge is -2.05. The van der Waals surface area contributed by atoms with Crippen molar-refractivity contribution in [2.45, 2.75) is 33.6 Å². The van der Waals surface area contributed by atoms with Gasteiger partial charge in [0.15, 0.2) is 0 Å². The second kappa shape index (κ2) is 3.51. The maximum atomic E-state index is 4.26. The van der Waals surface area contributed by atoms with Crippen molar-refractivity contribution in [3.05, 3.63) is 29.1 Å². The predicted molar refractivity (Wildman–Crippen MR) is 47.7 cm³/mol. The van der Waals surface area contributed by atoms with Gasteiger partial charge in [0, 0.05) is 11.9 Å². The molecule has 0 aliphatic carbocycles. The Morgan fingerprint density at radius 3 is 2.64 bits per heavy atom. The summed E-state index contributed by atoms with van der Waals surface area (Å²) in [5.74, 6) is 0. The van der Waals surface area contributed by atoms with Crippen molar-refractivity contribution in [1.29, 1.82) is 0 Å². The summed E-state index contributed by atoms with van der Waals surface area (Å²) in [5, 5.41) is 0. The third-order valence-electron chi connectivity index (χ3n) is 2.01. The van der Waals surface area contributed by atoms with Gasteiger partial charge >= 0.3 is 0 Å². The molecular weight excluding hydrogens is 134 g/mol. The zero-order chi connectivity index (χ0) is 8.27. The maximum absolute atomic E-state index is 4.26. The number of pyridine rings is 1. The number of hydrogen-bond donors (Lipinski definition) is 0. The van der Waals surface area contributed by atoms with Crippen LogP contribution in [-0.2, 0) is 6.42 Å². The molecule has 1 nitrogen and oxygen atoms in total. The second-order valence-corrected chi connectivity index (χ2v) is 2.94. The van der Waals surface area contributed by atoms with Crippen LogP contribution >= 0.6 is 0 Å². The Bertz CT molecular complexity index is 220. The summed E-state index contributed by atoms with van der Waals surface area (Å²) < 4.78 is 0. The zero-order valence-electron chi connectivity index (χ0n) is 7.52. The molecule has 0 aliphatic rings. The highest BCUT2D eigenvalue weighted by atomic mass is 14.7. The van der Waals surface area contributed by atoms with E-state index in [1.165, 1.54) is 23.2 Å². The minimum Gasteiger partial charge on any atom is -0.261 e. The van der Waals surface area contributed by atoms with Crippen LogP contribution in [0.1, 0.15) is 30.2 Å². The SMILES string of the molecule is CCCc1c(C)ccnc1C. The predicted octanol–water partition coefficient (Wildman–Crippen LogP) is 2.65. The summed E-state index contributed by atoms with van der Waals surface area (Å²) in [6, 6.07) is 2.08. The lowest BCUT2D eigenvalue weighted by atomic mass is 10.0. The molecule has 1 heterocycles. The minimum atomic E-state index is 1.16. The smallest absolute Gasteiger partial charge is 0.0407 e. The molecule has 0 unspecified atom stereocenters. The average Bonchev–Trinajstić information content (AvgIpc) is 1.97. The highest BCUT2D eigenvalue weighted by Crippen LogP contribution is 2.12. The molecule has 0 fully saturated rings. The molecule has 1 aromatic rings. The van der Waals surface area contributed by atoms with Crippen LogP contribution < -0.4 is 0 Å². The highest BCUT2D eigenvalue weighted by Gasteiger charge is 2.00. The summed E-state index contributed by atoms with van der Waals surface area (Å²) in [7, 11) is 0. The van der Waals surface area contributed by atoms with Crippen LogP contribution in [0.25, 0.3) is 0 Å². The molecule has 60 valence electrons. The van der Waals surface area contributed by atoms with Gasteiger partial charge in [-0.05, 0) is 37.5 Å². The van der Waals surface area contributed by atoms with E-state index in [9.17, 15) is 0 Å². The summed E-state index contributed by atoms with van der Waals surface area (Å²) in [6.45, 7) is 6.43. The van der Waals surface area contributed by atoms with Crippen LogP contribution in [-0.4, -0.2) is 4.98 Å². The van der Waals surface area contributed by atoms with Crippen molar-refractivity contribution in [3.63, 3.8) is 0 Å². The molecule has 1 rings (SSSR count). The quantitative estimate of drug-likeness (QED) is 0.630. The third-order valence-corrected chi connectivity index (χ3v) is 2.01. The molecule has 0 atom stereocenters. The van der Waals surface area contributed by atoms with E-state index >= 15 is 0 Å². The Morgan fingerprint density at radius 1 is 1.36 bits per heavy atom. The first-order valence-electron chi connectivity index (χ1n) is 4.16. The van der Waals surface area contributed by atoms with E-state index in [1.54, 1.807) is 0 Å². The molecule has 0 aliphatic heterocycles. The van der Waals surface area contributed by atoms with Crippen LogP contribution in [0, 0.1) is 13.8 Å². The zero-order valence-corrected chi connectivity index (χ0v) is 7.52. The van der Waals surface area contributed by atoms with E-state index in [0.717, 1.165) is 6.42 Å². The molecular formula is C10H15N. The van der Waals surface area contributed by atoms with Gasteiger partial charge in [0.25, 0.3) is 0 Å². The second-order valence-electron chi connectivity index (χ2n) is 2.94. The van der Waals surface area contributed by atoms with Gasteiger partial charge in [0.1, 0.15) is 0 Å². The standard InChI is InChI=1S/C10H15N/c1-4-5-10-8(2)6-7-11-9(10)3/h6-7H,4-5H2,1-3H3. The van der Waals surface area contributed by atoms with Crippen LogP contribution in [0.2, 0.25) is 0 Å². The van der Waals surface area contributed by atoms with E-state index in [-0.39, 0.29) is 0 Å². The van der Waals surface area contributed by atoms with E-state index in [4.69, 9.17) is 0 Å². The number of hydrogen-bond acceptors (Lipinski definition) is 1. The van der Waals surface area contributed by atoms with Crippen molar-refractivity contribution in [1.82, 2.24) is 4.98 Å². The molecule has 0 radical (unpaired) electrons. The van der Waals surface area contributed by atoms with Crippen LogP contribution in [0.15, 0.2) is 12.3 Å². The van der Waals surface area contributed by atoms with Gasteiger partial charge < -0.3 is 0 Å². The Labute approximate surface area is 68.5 Å². The van der Waals surface area contributed by atoms with Crippen molar-refractivity contribution >= 4 is 0 Å². The van der Waals surface area contributed by atoms with Crippen LogP contribution in [0.3, 0.4) is 0 Å². The molecule has 0 aromatic carbocycles. The Kier molecular flexibility index (Phi) is 2.64. The van der Waals surface area contributed by atoms with Gasteiger partial charge in [-0.3, -0.25) is 4.98 Å². The molecule has 0 N–H and O–H groups in total. The van der Waals surface area contributed by atoms with Crippen molar-refractivity contribution < 1.29 is 0 Å². The van der Waals surface area contributed by atoms with Gasteiger partial charge in [-0.25, -0.2) is 0 Å². The fraction of sp³-hybridized carbons (Fsp3) is 0.500. The third kappa shape index (κ3) is 1.79. The van der Waals surface area contributed by atoms with Crippen LogP contribution in [0.4, 0.5) is 0 Å². The summed E-state index contributed by atoms with van der Waals surface area (Å²) in [5.41, 5.74) is 3.99. The topological polar surface area (TPSA) is 12.9 Å². The van der Waals surface area contributed by atoms with E-state index in [2.05, 4.69) is 31.8 Å². The first-order valence-corrected chi connectivity index (χ1v) is 4.16.